The van der Waals surface area contributed by atoms with Crippen LogP contribution < -0.4 is 9.47 Å². The molecular weight excluding hydrogens is 324 g/mol. The predicted molar refractivity (Wildman–Crippen MR) is 88.0 cm³/mol. The number of likely N-dealkylation sites (tertiary alicyclic amines) is 1. The lowest BCUT2D eigenvalue weighted by molar-refractivity contribution is -0.151. The largest absolute Gasteiger partial charge is 0.497 e. The van der Waals surface area contributed by atoms with Gasteiger partial charge in [-0.3, -0.25) is 9.59 Å². The third-order valence-electron chi connectivity index (χ3n) is 5.18. The fourth-order valence-corrected chi connectivity index (χ4v) is 3.79. The molecule has 0 spiro atoms. The zero-order valence-corrected chi connectivity index (χ0v) is 13.7. The summed E-state index contributed by atoms with van der Waals surface area (Å²) in [7, 11) is 1.57. The van der Waals surface area contributed by atoms with Crippen molar-refractivity contribution in [3.63, 3.8) is 0 Å². The normalized spacial score (nSPS) is 24.2. The molecule has 1 amide bonds. The molecule has 1 fully saturated rings. The molecule has 2 aliphatic heterocycles. The molecule has 2 N–H and O–H groups in total. The first kappa shape index (κ1) is 15.6. The van der Waals surface area contributed by atoms with Gasteiger partial charge in [-0.05, 0) is 12.1 Å². The van der Waals surface area contributed by atoms with E-state index >= 15 is 0 Å². The van der Waals surface area contributed by atoms with Gasteiger partial charge in [-0.2, -0.15) is 0 Å². The molecule has 1 saturated heterocycles. The maximum absolute atomic E-state index is 12.7. The minimum absolute atomic E-state index is 0.0318. The Morgan fingerprint density at radius 2 is 2.24 bits per heavy atom. The Bertz CT molecular complexity index is 832. The molecule has 1 aromatic heterocycles. The minimum Gasteiger partial charge on any atom is -0.497 e. The fourth-order valence-electron chi connectivity index (χ4n) is 3.79. The SMILES string of the molecule is COc1ccc2c(c1)OC[C@]1(C(=O)O)CN(C(=O)c3cc[nH]c3)C[C@H]21. The Morgan fingerprint density at radius 1 is 1.40 bits per heavy atom. The molecule has 3 heterocycles. The Labute approximate surface area is 144 Å². The lowest BCUT2D eigenvalue weighted by atomic mass is 9.73. The fraction of sp³-hybridized carbons (Fsp3) is 0.333. The molecule has 0 aliphatic carbocycles. The van der Waals surface area contributed by atoms with E-state index in [4.69, 9.17) is 9.47 Å². The van der Waals surface area contributed by atoms with E-state index in [1.807, 2.05) is 6.07 Å². The highest BCUT2D eigenvalue weighted by atomic mass is 16.5. The summed E-state index contributed by atoms with van der Waals surface area (Å²) in [6.07, 6.45) is 3.29. The second kappa shape index (κ2) is 5.54. The quantitative estimate of drug-likeness (QED) is 0.886. The van der Waals surface area contributed by atoms with E-state index < -0.39 is 11.4 Å². The van der Waals surface area contributed by atoms with E-state index in [-0.39, 0.29) is 25.0 Å². The lowest BCUT2D eigenvalue weighted by Crippen LogP contribution is -2.46. The molecule has 2 aromatic rings. The number of carboxylic acid groups (broad SMARTS) is 1. The molecule has 130 valence electrons. The highest BCUT2D eigenvalue weighted by Crippen LogP contribution is 2.50. The van der Waals surface area contributed by atoms with Crippen molar-refractivity contribution in [3.8, 4) is 11.5 Å². The topological polar surface area (TPSA) is 91.9 Å². The number of aliphatic carboxylic acids is 1. The van der Waals surface area contributed by atoms with Crippen molar-refractivity contribution in [2.75, 3.05) is 26.8 Å². The second-order valence-corrected chi connectivity index (χ2v) is 6.49. The summed E-state index contributed by atoms with van der Waals surface area (Å²) in [5.74, 6) is -0.158. The van der Waals surface area contributed by atoms with Crippen LogP contribution in [0.5, 0.6) is 11.5 Å². The van der Waals surface area contributed by atoms with Gasteiger partial charge in [-0.1, -0.05) is 6.07 Å². The summed E-state index contributed by atoms with van der Waals surface area (Å²) in [5, 5.41) is 9.91. The molecule has 0 radical (unpaired) electrons. The van der Waals surface area contributed by atoms with Crippen LogP contribution in [-0.2, 0) is 4.79 Å². The third-order valence-corrected chi connectivity index (χ3v) is 5.18. The molecule has 2 aliphatic rings. The number of H-pyrrole nitrogens is 1. The molecule has 7 heteroatoms. The predicted octanol–water partition coefficient (Wildman–Crippen LogP) is 1.73. The van der Waals surface area contributed by atoms with E-state index in [1.165, 1.54) is 0 Å². The van der Waals surface area contributed by atoms with Gasteiger partial charge in [0.25, 0.3) is 5.91 Å². The number of hydrogen-bond acceptors (Lipinski definition) is 4. The van der Waals surface area contributed by atoms with Crippen molar-refractivity contribution in [1.82, 2.24) is 9.88 Å². The van der Waals surface area contributed by atoms with Crippen LogP contribution in [0.2, 0.25) is 0 Å². The average molecular weight is 342 g/mol. The first-order chi connectivity index (χ1) is 12.0. The van der Waals surface area contributed by atoms with Gasteiger partial charge in [-0.15, -0.1) is 0 Å². The van der Waals surface area contributed by atoms with Crippen LogP contribution in [0, 0.1) is 5.41 Å². The number of nitrogens with zero attached hydrogens (tertiary/aromatic N) is 1. The molecule has 0 saturated carbocycles. The number of aromatic amines is 1. The van der Waals surface area contributed by atoms with E-state index in [9.17, 15) is 14.7 Å². The number of aromatic nitrogens is 1. The number of rotatable bonds is 3. The average Bonchev–Trinajstić information content (AvgIpc) is 3.28. The third kappa shape index (κ3) is 2.26. The van der Waals surface area contributed by atoms with Crippen LogP contribution in [0.4, 0.5) is 0 Å². The van der Waals surface area contributed by atoms with Gasteiger partial charge < -0.3 is 24.5 Å². The van der Waals surface area contributed by atoms with E-state index in [2.05, 4.69) is 4.98 Å². The van der Waals surface area contributed by atoms with Gasteiger partial charge in [0.05, 0.1) is 12.7 Å². The number of carbonyl (C=O) groups is 2. The van der Waals surface area contributed by atoms with Gasteiger partial charge in [0.1, 0.15) is 23.5 Å². The number of hydrogen-bond donors (Lipinski definition) is 2. The first-order valence-corrected chi connectivity index (χ1v) is 8.01. The molecule has 0 unspecified atom stereocenters. The Kier molecular flexibility index (Phi) is 3.45. The van der Waals surface area contributed by atoms with Crippen molar-refractivity contribution in [2.45, 2.75) is 5.92 Å². The molecule has 0 bridgehead atoms. The molecule has 4 rings (SSSR count). The number of nitrogens with one attached hydrogen (secondary N) is 1. The second-order valence-electron chi connectivity index (χ2n) is 6.49. The number of benzene rings is 1. The smallest absolute Gasteiger partial charge is 0.315 e. The van der Waals surface area contributed by atoms with Crippen molar-refractivity contribution in [3.05, 3.63) is 47.8 Å². The summed E-state index contributed by atoms with van der Waals surface area (Å²) in [6.45, 7) is 0.506. The summed E-state index contributed by atoms with van der Waals surface area (Å²) < 4.78 is 11.0. The van der Waals surface area contributed by atoms with Crippen LogP contribution >= 0.6 is 0 Å². The van der Waals surface area contributed by atoms with Crippen LogP contribution in [0.3, 0.4) is 0 Å². The maximum Gasteiger partial charge on any atom is 0.315 e. The molecule has 25 heavy (non-hydrogen) atoms. The highest BCUT2D eigenvalue weighted by Gasteiger charge is 2.57. The Morgan fingerprint density at radius 3 is 2.92 bits per heavy atom. The monoisotopic (exact) mass is 342 g/mol. The zero-order valence-electron chi connectivity index (χ0n) is 13.7. The summed E-state index contributed by atoms with van der Waals surface area (Å²) >= 11 is 0. The van der Waals surface area contributed by atoms with E-state index in [1.54, 1.807) is 42.6 Å². The summed E-state index contributed by atoms with van der Waals surface area (Å²) in [4.78, 5) is 29.2. The van der Waals surface area contributed by atoms with Crippen LogP contribution in [0.25, 0.3) is 0 Å². The zero-order chi connectivity index (χ0) is 17.6. The lowest BCUT2D eigenvalue weighted by Gasteiger charge is -2.35. The van der Waals surface area contributed by atoms with Gasteiger partial charge in [-0.25, -0.2) is 0 Å². The highest BCUT2D eigenvalue weighted by molar-refractivity contribution is 5.95. The number of carbonyl (C=O) groups excluding carboxylic acids is 1. The van der Waals surface area contributed by atoms with Gasteiger partial charge >= 0.3 is 5.97 Å². The first-order valence-electron chi connectivity index (χ1n) is 8.01. The molecule has 1 aromatic carbocycles. The molecule has 7 nitrogen and oxygen atoms in total. The number of carboxylic acids is 1. The van der Waals surface area contributed by atoms with Crippen LogP contribution in [0.1, 0.15) is 21.8 Å². The van der Waals surface area contributed by atoms with E-state index in [0.29, 0.717) is 23.6 Å². The van der Waals surface area contributed by atoms with Crippen LogP contribution in [-0.4, -0.2) is 53.7 Å². The van der Waals surface area contributed by atoms with E-state index in [0.717, 1.165) is 5.56 Å². The van der Waals surface area contributed by atoms with Gasteiger partial charge in [0.2, 0.25) is 0 Å². The number of fused-ring (bicyclic) bond motifs is 3. The standard InChI is InChI=1S/C18H18N2O5/c1-24-12-2-3-13-14-8-20(16(21)11-4-5-19-7-11)9-18(14,17(22)23)10-25-15(13)6-12/h2-7,14,19H,8-10H2,1H3,(H,22,23)/t14-,18-/m1/s1. The summed E-state index contributed by atoms with van der Waals surface area (Å²) in [5.41, 5.74) is 0.196. The molecule has 2 atom stereocenters. The maximum atomic E-state index is 12.7. The Hall–Kier alpha value is -2.96. The minimum atomic E-state index is -1.13. The van der Waals surface area contributed by atoms with Crippen LogP contribution in [0.15, 0.2) is 36.7 Å². The van der Waals surface area contributed by atoms with Crippen molar-refractivity contribution >= 4 is 11.9 Å². The number of amides is 1. The molecular formula is C18H18N2O5. The number of ether oxygens (including phenoxy) is 2. The van der Waals surface area contributed by atoms with Crippen molar-refractivity contribution < 1.29 is 24.2 Å². The number of methoxy groups -OCH3 is 1. The Balaban J connectivity index is 1.72. The van der Waals surface area contributed by atoms with Gasteiger partial charge in [0.15, 0.2) is 0 Å². The van der Waals surface area contributed by atoms with Gasteiger partial charge in [0, 0.05) is 43.0 Å². The van der Waals surface area contributed by atoms with Crippen molar-refractivity contribution in [2.24, 2.45) is 5.41 Å². The van der Waals surface area contributed by atoms with Crippen molar-refractivity contribution in [1.29, 1.82) is 0 Å². The summed E-state index contributed by atoms with van der Waals surface area (Å²) in [6, 6.07) is 7.07.